The minimum atomic E-state index is -0.591. The smallest absolute Gasteiger partial charge is 0.338 e. The third-order valence-electron chi connectivity index (χ3n) is 8.92. The summed E-state index contributed by atoms with van der Waals surface area (Å²) in [6.07, 6.45) is 4.60. The molecule has 2 aliphatic carbocycles. The van der Waals surface area contributed by atoms with Crippen LogP contribution in [0.2, 0.25) is 0 Å². The maximum atomic E-state index is 13.6. The summed E-state index contributed by atoms with van der Waals surface area (Å²) in [6.45, 7) is 4.44. The molecule has 4 heteroatoms. The van der Waals surface area contributed by atoms with E-state index in [0.717, 1.165) is 44.1 Å². The van der Waals surface area contributed by atoms with Crippen LogP contribution in [0.1, 0.15) is 78.7 Å². The predicted octanol–water partition coefficient (Wildman–Crippen LogP) is 7.39. The Morgan fingerprint density at radius 2 is 1.14 bits per heavy atom. The van der Waals surface area contributed by atoms with Gasteiger partial charge in [-0.1, -0.05) is 93.4 Å². The fourth-order valence-corrected chi connectivity index (χ4v) is 6.76. The first kappa shape index (κ1) is 25.3. The minimum Gasteiger partial charge on any atom is -0.454 e. The highest BCUT2D eigenvalue weighted by Crippen LogP contribution is 2.58. The highest BCUT2D eigenvalue weighted by molar-refractivity contribution is 5.90. The molecule has 4 atom stereocenters. The van der Waals surface area contributed by atoms with E-state index in [1.807, 2.05) is 54.6 Å². The highest BCUT2D eigenvalue weighted by Gasteiger charge is 2.61. The van der Waals surface area contributed by atoms with Crippen LogP contribution in [0.25, 0.3) is 0 Å². The third-order valence-corrected chi connectivity index (χ3v) is 8.92. The van der Waals surface area contributed by atoms with Crippen molar-refractivity contribution in [3.05, 3.63) is 108 Å². The van der Waals surface area contributed by atoms with Crippen molar-refractivity contribution < 1.29 is 19.1 Å². The Kier molecular flexibility index (Phi) is 7.19. The highest BCUT2D eigenvalue weighted by atomic mass is 16.6. The summed E-state index contributed by atoms with van der Waals surface area (Å²) in [7, 11) is 0. The molecule has 37 heavy (non-hydrogen) atoms. The average molecular weight is 497 g/mol. The molecule has 0 saturated heterocycles. The number of esters is 2. The topological polar surface area (TPSA) is 52.6 Å². The standard InChI is InChI=1S/C33H36O4/c1-24(2)32-20-12-13-21-33(23-22-32,27-18-10-5-11-19-27)29(37-31(35)26-16-8-4-9-17-26)28(32)36-30(34)25-14-6-3-7-15-25/h3-11,14-19,24,28-29H,12-13,20-23H2,1-2H3. The van der Waals surface area contributed by atoms with Gasteiger partial charge in [-0.05, 0) is 61.4 Å². The van der Waals surface area contributed by atoms with Gasteiger partial charge in [0.05, 0.1) is 11.1 Å². The molecule has 0 N–H and O–H groups in total. The minimum absolute atomic E-state index is 0.255. The normalized spacial score (nSPS) is 27.2. The van der Waals surface area contributed by atoms with Gasteiger partial charge in [-0.25, -0.2) is 9.59 Å². The van der Waals surface area contributed by atoms with Crippen molar-refractivity contribution in [2.45, 2.75) is 70.0 Å². The number of benzene rings is 3. The molecule has 0 radical (unpaired) electrons. The molecule has 0 heterocycles. The molecule has 2 saturated carbocycles. The summed E-state index contributed by atoms with van der Waals surface area (Å²) in [6, 6.07) is 28.7. The average Bonchev–Trinajstić information content (AvgIpc) is 2.92. The molecule has 0 spiro atoms. The first-order chi connectivity index (χ1) is 18.0. The second-order valence-electron chi connectivity index (χ2n) is 11.0. The number of carbonyl (C=O) groups excluding carboxylic acids is 2. The lowest BCUT2D eigenvalue weighted by atomic mass is 9.50. The van der Waals surface area contributed by atoms with E-state index >= 15 is 0 Å². The molecule has 5 rings (SSSR count). The lowest BCUT2D eigenvalue weighted by molar-refractivity contribution is -0.168. The molecular weight excluding hydrogens is 460 g/mol. The van der Waals surface area contributed by atoms with E-state index in [9.17, 15) is 9.59 Å². The SMILES string of the molecule is CC(C)C12CCCCC(c3ccccc3)(CC1)C(OC(=O)c1ccccc1)C2OC(=O)c1ccccc1. The first-order valence-electron chi connectivity index (χ1n) is 13.5. The van der Waals surface area contributed by atoms with Crippen molar-refractivity contribution in [1.82, 2.24) is 0 Å². The monoisotopic (exact) mass is 496 g/mol. The molecule has 2 bridgehead atoms. The van der Waals surface area contributed by atoms with Gasteiger partial charge in [0.25, 0.3) is 0 Å². The van der Waals surface area contributed by atoms with E-state index in [4.69, 9.17) is 9.47 Å². The van der Waals surface area contributed by atoms with E-state index in [2.05, 4.69) is 26.0 Å². The zero-order valence-corrected chi connectivity index (χ0v) is 21.8. The van der Waals surface area contributed by atoms with Crippen molar-refractivity contribution in [3.63, 3.8) is 0 Å². The molecule has 2 fully saturated rings. The molecule has 0 amide bonds. The van der Waals surface area contributed by atoms with Gasteiger partial charge in [0, 0.05) is 10.8 Å². The van der Waals surface area contributed by atoms with Crippen LogP contribution in [0.5, 0.6) is 0 Å². The van der Waals surface area contributed by atoms with Crippen molar-refractivity contribution in [1.29, 1.82) is 0 Å². The number of fused-ring (bicyclic) bond motifs is 3. The summed E-state index contributed by atoms with van der Waals surface area (Å²) >= 11 is 0. The maximum absolute atomic E-state index is 13.6. The molecule has 3 aromatic rings. The van der Waals surface area contributed by atoms with Crippen molar-refractivity contribution in [2.75, 3.05) is 0 Å². The Balaban J connectivity index is 1.64. The molecule has 0 aromatic heterocycles. The van der Waals surface area contributed by atoms with Crippen LogP contribution in [0.4, 0.5) is 0 Å². The van der Waals surface area contributed by atoms with Gasteiger partial charge in [0.2, 0.25) is 0 Å². The number of carbonyl (C=O) groups is 2. The summed E-state index contributed by atoms with van der Waals surface area (Å²) in [5, 5.41) is 0. The molecular formula is C33H36O4. The van der Waals surface area contributed by atoms with Crippen LogP contribution in [-0.2, 0) is 14.9 Å². The maximum Gasteiger partial charge on any atom is 0.338 e. The molecule has 4 nitrogen and oxygen atoms in total. The number of ether oxygens (including phenoxy) is 2. The van der Waals surface area contributed by atoms with Crippen molar-refractivity contribution in [3.8, 4) is 0 Å². The Hall–Kier alpha value is -3.40. The lowest BCUT2D eigenvalue weighted by Crippen LogP contribution is -2.63. The van der Waals surface area contributed by atoms with Gasteiger partial charge in [-0.15, -0.1) is 0 Å². The molecule has 3 aromatic carbocycles. The molecule has 0 aliphatic heterocycles. The van der Waals surface area contributed by atoms with Crippen LogP contribution in [-0.4, -0.2) is 24.1 Å². The molecule has 2 aliphatic rings. The summed E-state index contributed by atoms with van der Waals surface area (Å²) in [4.78, 5) is 27.1. The van der Waals surface area contributed by atoms with Crippen molar-refractivity contribution >= 4 is 11.9 Å². The quantitative estimate of drug-likeness (QED) is 0.334. The van der Waals surface area contributed by atoms with Crippen LogP contribution >= 0.6 is 0 Å². The van der Waals surface area contributed by atoms with E-state index in [0.29, 0.717) is 11.1 Å². The van der Waals surface area contributed by atoms with Crippen molar-refractivity contribution in [2.24, 2.45) is 11.3 Å². The Bertz CT molecular complexity index is 1210. The fraction of sp³-hybridized carbons (Fsp3) is 0.394. The molecule has 192 valence electrons. The van der Waals surface area contributed by atoms with Gasteiger partial charge < -0.3 is 9.47 Å². The second-order valence-corrected chi connectivity index (χ2v) is 11.0. The Morgan fingerprint density at radius 3 is 1.68 bits per heavy atom. The molecule has 4 unspecified atom stereocenters. The lowest BCUT2D eigenvalue weighted by Gasteiger charge is -2.58. The second kappa shape index (κ2) is 10.5. The van der Waals surface area contributed by atoms with Crippen LogP contribution < -0.4 is 0 Å². The van der Waals surface area contributed by atoms with Gasteiger partial charge in [0.1, 0.15) is 12.2 Å². The number of rotatable bonds is 6. The summed E-state index contributed by atoms with van der Waals surface area (Å²) in [5.41, 5.74) is 1.48. The van der Waals surface area contributed by atoms with Crippen LogP contribution in [0, 0.1) is 11.3 Å². The van der Waals surface area contributed by atoms with Crippen LogP contribution in [0.15, 0.2) is 91.0 Å². The summed E-state index contributed by atoms with van der Waals surface area (Å²) < 4.78 is 13.0. The Labute approximate surface area is 220 Å². The van der Waals surface area contributed by atoms with E-state index in [-0.39, 0.29) is 23.3 Å². The van der Waals surface area contributed by atoms with Crippen LogP contribution in [0.3, 0.4) is 0 Å². The Morgan fingerprint density at radius 1 is 0.649 bits per heavy atom. The van der Waals surface area contributed by atoms with E-state index < -0.39 is 17.6 Å². The van der Waals surface area contributed by atoms with E-state index in [1.165, 1.54) is 0 Å². The van der Waals surface area contributed by atoms with Gasteiger partial charge in [0.15, 0.2) is 0 Å². The predicted molar refractivity (Wildman–Crippen MR) is 144 cm³/mol. The summed E-state index contributed by atoms with van der Waals surface area (Å²) in [5.74, 6) is -0.474. The van der Waals surface area contributed by atoms with Gasteiger partial charge in [-0.2, -0.15) is 0 Å². The first-order valence-corrected chi connectivity index (χ1v) is 13.5. The fourth-order valence-electron chi connectivity index (χ4n) is 6.76. The van der Waals surface area contributed by atoms with Gasteiger partial charge in [-0.3, -0.25) is 0 Å². The zero-order chi connectivity index (χ0) is 25.9. The largest absolute Gasteiger partial charge is 0.454 e. The van der Waals surface area contributed by atoms with E-state index in [1.54, 1.807) is 24.3 Å². The third kappa shape index (κ3) is 4.70. The number of hydrogen-bond donors (Lipinski definition) is 0. The number of hydrogen-bond acceptors (Lipinski definition) is 4. The van der Waals surface area contributed by atoms with Gasteiger partial charge >= 0.3 is 11.9 Å². The zero-order valence-electron chi connectivity index (χ0n) is 21.8.